The van der Waals surface area contributed by atoms with Gasteiger partial charge in [0.25, 0.3) is 5.91 Å². The van der Waals surface area contributed by atoms with Crippen LogP contribution in [0.1, 0.15) is 36.8 Å². The molecule has 0 radical (unpaired) electrons. The van der Waals surface area contributed by atoms with Crippen molar-refractivity contribution in [2.24, 2.45) is 0 Å². The Bertz CT molecular complexity index is 1250. The molecule has 0 atom stereocenters. The van der Waals surface area contributed by atoms with Crippen LogP contribution in [0.5, 0.6) is 0 Å². The SMILES string of the molecule is CCN(CC)C(=O)c1cc(-c2ccnn2CC)nc2c1c(C)nn2-c1ccccc1F. The van der Waals surface area contributed by atoms with Gasteiger partial charge in [0.05, 0.1) is 28.0 Å². The Morgan fingerprint density at radius 1 is 1.13 bits per heavy atom. The van der Waals surface area contributed by atoms with Gasteiger partial charge in [0.15, 0.2) is 5.65 Å². The largest absolute Gasteiger partial charge is 0.339 e. The summed E-state index contributed by atoms with van der Waals surface area (Å²) in [6.07, 6.45) is 1.70. The van der Waals surface area contributed by atoms with Crippen molar-refractivity contribution in [3.63, 3.8) is 0 Å². The molecule has 31 heavy (non-hydrogen) atoms. The van der Waals surface area contributed by atoms with Crippen LogP contribution >= 0.6 is 0 Å². The lowest BCUT2D eigenvalue weighted by molar-refractivity contribution is 0.0775. The van der Waals surface area contributed by atoms with E-state index >= 15 is 0 Å². The van der Waals surface area contributed by atoms with Crippen LogP contribution in [-0.4, -0.2) is 48.4 Å². The molecule has 0 aliphatic carbocycles. The minimum atomic E-state index is -0.408. The van der Waals surface area contributed by atoms with Crippen molar-refractivity contribution in [3.05, 3.63) is 59.7 Å². The van der Waals surface area contributed by atoms with Crippen LogP contribution in [-0.2, 0) is 6.54 Å². The van der Waals surface area contributed by atoms with Crippen molar-refractivity contribution in [1.29, 1.82) is 0 Å². The molecule has 0 N–H and O–H groups in total. The van der Waals surface area contributed by atoms with Crippen LogP contribution in [0.2, 0.25) is 0 Å². The van der Waals surface area contributed by atoms with Crippen LogP contribution < -0.4 is 0 Å². The molecule has 4 aromatic rings. The molecule has 7 nitrogen and oxygen atoms in total. The number of nitrogens with zero attached hydrogens (tertiary/aromatic N) is 6. The number of rotatable bonds is 6. The van der Waals surface area contributed by atoms with Crippen molar-refractivity contribution in [2.75, 3.05) is 13.1 Å². The number of carbonyl (C=O) groups excluding carboxylic acids is 1. The predicted molar refractivity (Wildman–Crippen MR) is 118 cm³/mol. The maximum atomic E-state index is 14.6. The first-order valence-corrected chi connectivity index (χ1v) is 10.5. The lowest BCUT2D eigenvalue weighted by Gasteiger charge is -2.19. The van der Waals surface area contributed by atoms with Gasteiger partial charge < -0.3 is 4.90 Å². The van der Waals surface area contributed by atoms with E-state index in [9.17, 15) is 9.18 Å². The Hall–Kier alpha value is -3.55. The summed E-state index contributed by atoms with van der Waals surface area (Å²) < 4.78 is 17.9. The maximum absolute atomic E-state index is 14.6. The molecule has 8 heteroatoms. The van der Waals surface area contributed by atoms with Gasteiger partial charge in [-0.25, -0.2) is 14.1 Å². The lowest BCUT2D eigenvalue weighted by Crippen LogP contribution is -2.30. The number of pyridine rings is 1. The highest BCUT2D eigenvalue weighted by Crippen LogP contribution is 2.30. The summed E-state index contributed by atoms with van der Waals surface area (Å²) in [5.41, 5.74) is 3.25. The Morgan fingerprint density at radius 2 is 1.87 bits per heavy atom. The highest BCUT2D eigenvalue weighted by atomic mass is 19.1. The molecule has 4 rings (SSSR count). The number of carbonyl (C=O) groups is 1. The zero-order valence-electron chi connectivity index (χ0n) is 18.1. The van der Waals surface area contributed by atoms with Gasteiger partial charge >= 0.3 is 0 Å². The molecule has 0 fully saturated rings. The number of halogens is 1. The number of amides is 1. The summed E-state index contributed by atoms with van der Waals surface area (Å²) >= 11 is 0. The van der Waals surface area contributed by atoms with E-state index in [0.717, 1.165) is 5.69 Å². The van der Waals surface area contributed by atoms with E-state index in [1.54, 1.807) is 35.4 Å². The number of para-hydroxylation sites is 1. The maximum Gasteiger partial charge on any atom is 0.254 e. The summed E-state index contributed by atoms with van der Waals surface area (Å²) in [5.74, 6) is -0.508. The highest BCUT2D eigenvalue weighted by molar-refractivity contribution is 6.07. The zero-order valence-corrected chi connectivity index (χ0v) is 18.1. The van der Waals surface area contributed by atoms with E-state index in [1.165, 1.54) is 10.7 Å². The topological polar surface area (TPSA) is 68.8 Å². The molecule has 0 aliphatic rings. The van der Waals surface area contributed by atoms with Gasteiger partial charge in [-0.3, -0.25) is 9.48 Å². The molecule has 0 aliphatic heterocycles. The number of benzene rings is 1. The van der Waals surface area contributed by atoms with E-state index in [-0.39, 0.29) is 11.6 Å². The minimum absolute atomic E-state index is 0.0996. The molecular weight excluding hydrogens is 395 g/mol. The van der Waals surface area contributed by atoms with Gasteiger partial charge in [0, 0.05) is 25.8 Å². The summed E-state index contributed by atoms with van der Waals surface area (Å²) in [5, 5.41) is 9.52. The van der Waals surface area contributed by atoms with E-state index < -0.39 is 5.82 Å². The van der Waals surface area contributed by atoms with Gasteiger partial charge in [-0.1, -0.05) is 12.1 Å². The third kappa shape index (κ3) is 3.48. The van der Waals surface area contributed by atoms with Crippen LogP contribution in [0.4, 0.5) is 4.39 Å². The van der Waals surface area contributed by atoms with Gasteiger partial charge in [0.1, 0.15) is 11.5 Å². The smallest absolute Gasteiger partial charge is 0.254 e. The molecule has 0 bridgehead atoms. The van der Waals surface area contributed by atoms with E-state index in [2.05, 4.69) is 10.2 Å². The Labute approximate surface area is 180 Å². The molecular formula is C23H25FN6O. The third-order valence-corrected chi connectivity index (χ3v) is 5.45. The molecule has 0 unspecified atom stereocenters. The second kappa shape index (κ2) is 8.29. The van der Waals surface area contributed by atoms with Gasteiger partial charge in [0.2, 0.25) is 0 Å². The molecule has 0 saturated carbocycles. The Kier molecular flexibility index (Phi) is 5.54. The molecule has 0 spiro atoms. The van der Waals surface area contributed by atoms with E-state index in [1.807, 2.05) is 38.4 Å². The first kappa shape index (κ1) is 20.7. The Morgan fingerprint density at radius 3 is 2.55 bits per heavy atom. The minimum Gasteiger partial charge on any atom is -0.339 e. The monoisotopic (exact) mass is 420 g/mol. The van der Waals surface area contributed by atoms with E-state index in [0.29, 0.717) is 47.6 Å². The molecule has 1 amide bonds. The first-order chi connectivity index (χ1) is 15.0. The summed E-state index contributed by atoms with van der Waals surface area (Å²) in [6, 6.07) is 10.1. The first-order valence-electron chi connectivity index (χ1n) is 10.5. The quantitative estimate of drug-likeness (QED) is 0.468. The average molecular weight is 420 g/mol. The number of hydrogen-bond donors (Lipinski definition) is 0. The predicted octanol–water partition coefficient (Wildman–Crippen LogP) is 4.23. The van der Waals surface area contributed by atoms with Crippen LogP contribution in [0.15, 0.2) is 42.6 Å². The summed E-state index contributed by atoms with van der Waals surface area (Å²) in [4.78, 5) is 20.0. The van der Waals surface area contributed by atoms with Crippen LogP contribution in [0.25, 0.3) is 28.1 Å². The van der Waals surface area contributed by atoms with Crippen molar-refractivity contribution in [2.45, 2.75) is 34.2 Å². The fourth-order valence-electron chi connectivity index (χ4n) is 3.86. The third-order valence-electron chi connectivity index (χ3n) is 5.45. The van der Waals surface area contributed by atoms with Crippen molar-refractivity contribution < 1.29 is 9.18 Å². The highest BCUT2D eigenvalue weighted by Gasteiger charge is 2.24. The second-order valence-electron chi connectivity index (χ2n) is 7.21. The summed E-state index contributed by atoms with van der Waals surface area (Å²) in [7, 11) is 0. The van der Waals surface area contributed by atoms with Crippen LogP contribution in [0.3, 0.4) is 0 Å². The molecule has 3 aromatic heterocycles. The summed E-state index contributed by atoms with van der Waals surface area (Å²) in [6.45, 7) is 9.53. The number of fused-ring (bicyclic) bond motifs is 1. The van der Waals surface area contributed by atoms with Crippen LogP contribution in [0, 0.1) is 12.7 Å². The van der Waals surface area contributed by atoms with Crippen molar-refractivity contribution in [1.82, 2.24) is 29.4 Å². The fourth-order valence-corrected chi connectivity index (χ4v) is 3.86. The van der Waals surface area contributed by atoms with Gasteiger partial charge in [-0.2, -0.15) is 10.2 Å². The Balaban J connectivity index is 2.06. The second-order valence-corrected chi connectivity index (χ2v) is 7.21. The molecule has 1 aromatic carbocycles. The van der Waals surface area contributed by atoms with Crippen molar-refractivity contribution >= 4 is 16.9 Å². The molecule has 160 valence electrons. The number of aromatic nitrogens is 5. The fraction of sp³-hybridized carbons (Fsp3) is 0.304. The number of hydrogen-bond acceptors (Lipinski definition) is 4. The number of aryl methyl sites for hydroxylation is 2. The van der Waals surface area contributed by atoms with Crippen molar-refractivity contribution in [3.8, 4) is 17.1 Å². The molecule has 3 heterocycles. The zero-order chi connectivity index (χ0) is 22.1. The standard InChI is InChI=1S/C23H25FN6O/c1-5-28(6-2)23(31)16-14-18(20-12-13-25-29(20)7-3)26-22-21(16)15(4)27-30(22)19-11-9-8-10-17(19)24/h8-14H,5-7H2,1-4H3. The lowest BCUT2D eigenvalue weighted by atomic mass is 10.1. The van der Waals surface area contributed by atoms with Gasteiger partial charge in [-0.15, -0.1) is 0 Å². The average Bonchev–Trinajstić information content (AvgIpc) is 3.39. The normalized spacial score (nSPS) is 11.3. The van der Waals surface area contributed by atoms with E-state index in [4.69, 9.17) is 4.98 Å². The molecule has 0 saturated heterocycles. The van der Waals surface area contributed by atoms with Gasteiger partial charge in [-0.05, 0) is 52.0 Å².